The summed E-state index contributed by atoms with van der Waals surface area (Å²) in [5, 5.41) is 12.2. The summed E-state index contributed by atoms with van der Waals surface area (Å²) in [6.07, 6.45) is 0. The highest BCUT2D eigenvalue weighted by atomic mass is 16.5. The lowest BCUT2D eigenvalue weighted by atomic mass is 10.1. The van der Waals surface area contributed by atoms with Gasteiger partial charge in [-0.25, -0.2) is 4.79 Å². The van der Waals surface area contributed by atoms with E-state index in [0.717, 1.165) is 17.8 Å². The van der Waals surface area contributed by atoms with Crippen molar-refractivity contribution in [3.63, 3.8) is 0 Å². The molecule has 0 aromatic heterocycles. The maximum absolute atomic E-state index is 11.0. The van der Waals surface area contributed by atoms with Gasteiger partial charge in [0.1, 0.15) is 0 Å². The van der Waals surface area contributed by atoms with E-state index in [1.165, 1.54) is 0 Å². The first-order valence-electron chi connectivity index (χ1n) is 5.82. The number of ether oxygens (including phenoxy) is 1. The highest BCUT2D eigenvalue weighted by Crippen LogP contribution is 2.23. The van der Waals surface area contributed by atoms with E-state index in [1.54, 1.807) is 20.1 Å². The van der Waals surface area contributed by atoms with Crippen LogP contribution in [0.5, 0.6) is 0 Å². The fraction of sp³-hybridized carbons (Fsp3) is 0.462. The Balaban J connectivity index is 2.81. The normalized spacial score (nSPS) is 12.2. The van der Waals surface area contributed by atoms with Crippen molar-refractivity contribution in [3.8, 4) is 0 Å². The van der Waals surface area contributed by atoms with Gasteiger partial charge in [-0.3, -0.25) is 0 Å². The van der Waals surface area contributed by atoms with E-state index in [0.29, 0.717) is 18.2 Å². The second-order valence-corrected chi connectivity index (χ2v) is 4.50. The molecule has 1 atom stereocenters. The fourth-order valence-corrected chi connectivity index (χ4v) is 1.71. The van der Waals surface area contributed by atoms with Gasteiger partial charge in [-0.15, -0.1) is 0 Å². The fourth-order valence-electron chi connectivity index (χ4n) is 1.71. The van der Waals surface area contributed by atoms with Gasteiger partial charge in [0.2, 0.25) is 0 Å². The minimum atomic E-state index is -1.01. The van der Waals surface area contributed by atoms with Crippen LogP contribution in [0, 0.1) is 12.8 Å². The lowest BCUT2D eigenvalue weighted by Crippen LogP contribution is -2.16. The highest BCUT2D eigenvalue weighted by molar-refractivity contribution is 5.95. The highest BCUT2D eigenvalue weighted by Gasteiger charge is 2.12. The Hall–Kier alpha value is -1.75. The molecule has 0 aliphatic carbocycles. The molecule has 0 saturated heterocycles. The zero-order chi connectivity index (χ0) is 13.7. The number of nitrogens with one attached hydrogen (secondary N) is 1. The third-order valence-electron chi connectivity index (χ3n) is 2.72. The molecule has 4 N–H and O–H groups in total. The zero-order valence-corrected chi connectivity index (χ0v) is 11.0. The molecule has 0 spiro atoms. The molecule has 0 amide bonds. The van der Waals surface area contributed by atoms with Gasteiger partial charge >= 0.3 is 5.97 Å². The number of aromatic carboxylic acids is 1. The largest absolute Gasteiger partial charge is 0.478 e. The number of aryl methyl sites for hydroxylation is 1. The Morgan fingerprint density at radius 2 is 2.22 bits per heavy atom. The van der Waals surface area contributed by atoms with Gasteiger partial charge in [-0.05, 0) is 30.5 Å². The number of rotatable bonds is 6. The van der Waals surface area contributed by atoms with Crippen molar-refractivity contribution >= 4 is 17.3 Å². The molecule has 5 nitrogen and oxygen atoms in total. The molecule has 0 aliphatic rings. The molecular formula is C13H20N2O3. The van der Waals surface area contributed by atoms with Gasteiger partial charge in [-0.2, -0.15) is 0 Å². The average molecular weight is 252 g/mol. The van der Waals surface area contributed by atoms with E-state index >= 15 is 0 Å². The molecule has 0 aliphatic heterocycles. The summed E-state index contributed by atoms with van der Waals surface area (Å²) in [7, 11) is 1.66. The summed E-state index contributed by atoms with van der Waals surface area (Å²) in [5.74, 6) is -0.662. The number of carboxylic acid groups (broad SMARTS) is 1. The summed E-state index contributed by atoms with van der Waals surface area (Å²) >= 11 is 0. The molecule has 1 aromatic carbocycles. The summed E-state index contributed by atoms with van der Waals surface area (Å²) < 4.78 is 5.04. The van der Waals surface area contributed by atoms with Crippen LogP contribution < -0.4 is 11.1 Å². The number of carboxylic acids is 1. The Kier molecular flexibility index (Phi) is 4.97. The van der Waals surface area contributed by atoms with Crippen LogP contribution in [0.4, 0.5) is 11.4 Å². The number of hydrogen-bond donors (Lipinski definition) is 3. The molecule has 0 bridgehead atoms. The van der Waals surface area contributed by atoms with Crippen molar-refractivity contribution in [2.24, 2.45) is 5.92 Å². The van der Waals surface area contributed by atoms with Crippen LogP contribution >= 0.6 is 0 Å². The van der Waals surface area contributed by atoms with Crippen molar-refractivity contribution < 1.29 is 14.6 Å². The molecule has 0 heterocycles. The standard InChI is InChI=1S/C13H20N2O3/c1-8(7-18-3)6-15-10-4-9(2)12(14)11(5-10)13(16)17/h4-5,8,15H,6-7,14H2,1-3H3,(H,16,17). The van der Waals surface area contributed by atoms with Crippen LogP contribution in [0.2, 0.25) is 0 Å². The van der Waals surface area contributed by atoms with Crippen LogP contribution in [-0.2, 0) is 4.74 Å². The number of carbonyl (C=O) groups is 1. The van der Waals surface area contributed by atoms with Gasteiger partial charge < -0.3 is 20.9 Å². The summed E-state index contributed by atoms with van der Waals surface area (Å²) in [6, 6.07) is 3.41. The maximum Gasteiger partial charge on any atom is 0.337 e. The first-order chi connectivity index (χ1) is 8.45. The van der Waals surface area contributed by atoms with E-state index in [2.05, 4.69) is 12.2 Å². The van der Waals surface area contributed by atoms with Gasteiger partial charge in [-0.1, -0.05) is 6.92 Å². The second kappa shape index (κ2) is 6.26. The van der Waals surface area contributed by atoms with Gasteiger partial charge in [0.05, 0.1) is 12.2 Å². The summed E-state index contributed by atoms with van der Waals surface area (Å²) in [5.41, 5.74) is 7.71. The van der Waals surface area contributed by atoms with Crippen LogP contribution in [0.25, 0.3) is 0 Å². The minimum Gasteiger partial charge on any atom is -0.478 e. The Bertz CT molecular complexity index is 432. The topological polar surface area (TPSA) is 84.6 Å². The Morgan fingerprint density at radius 1 is 1.56 bits per heavy atom. The van der Waals surface area contributed by atoms with Gasteiger partial charge in [0.25, 0.3) is 0 Å². The third-order valence-corrected chi connectivity index (χ3v) is 2.72. The number of hydrogen-bond acceptors (Lipinski definition) is 4. The SMILES string of the molecule is COCC(C)CNc1cc(C)c(N)c(C(=O)O)c1. The van der Waals surface area contributed by atoms with Gasteiger partial charge in [0, 0.05) is 25.0 Å². The van der Waals surface area contributed by atoms with Gasteiger partial charge in [0.15, 0.2) is 0 Å². The van der Waals surface area contributed by atoms with Crippen LogP contribution in [0.1, 0.15) is 22.8 Å². The molecule has 0 fully saturated rings. The van der Waals surface area contributed by atoms with Crippen molar-refractivity contribution in [3.05, 3.63) is 23.3 Å². The number of benzene rings is 1. The van der Waals surface area contributed by atoms with Crippen LogP contribution in [-0.4, -0.2) is 31.3 Å². The predicted octanol–water partition coefficient (Wildman–Crippen LogP) is 1.97. The molecule has 5 heteroatoms. The van der Waals surface area contributed by atoms with E-state index in [4.69, 9.17) is 15.6 Å². The molecule has 18 heavy (non-hydrogen) atoms. The molecule has 0 radical (unpaired) electrons. The monoisotopic (exact) mass is 252 g/mol. The Labute approximate surface area is 107 Å². The smallest absolute Gasteiger partial charge is 0.337 e. The van der Waals surface area contributed by atoms with Crippen molar-refractivity contribution in [1.29, 1.82) is 0 Å². The first kappa shape index (κ1) is 14.3. The first-order valence-corrected chi connectivity index (χ1v) is 5.82. The van der Waals surface area contributed by atoms with Crippen molar-refractivity contribution in [1.82, 2.24) is 0 Å². The van der Waals surface area contributed by atoms with E-state index in [1.807, 2.05) is 6.07 Å². The lowest BCUT2D eigenvalue weighted by Gasteiger charge is -2.14. The number of nitrogens with two attached hydrogens (primary N) is 1. The molecule has 100 valence electrons. The summed E-state index contributed by atoms with van der Waals surface area (Å²) in [6.45, 7) is 5.23. The van der Waals surface area contributed by atoms with Crippen LogP contribution in [0.3, 0.4) is 0 Å². The van der Waals surface area contributed by atoms with Crippen molar-refractivity contribution in [2.45, 2.75) is 13.8 Å². The molecular weight excluding hydrogens is 232 g/mol. The maximum atomic E-state index is 11.0. The molecule has 0 saturated carbocycles. The predicted molar refractivity (Wildman–Crippen MR) is 72.1 cm³/mol. The molecule has 1 rings (SSSR count). The number of nitrogen functional groups attached to an aromatic ring is 1. The molecule has 1 aromatic rings. The minimum absolute atomic E-state index is 0.136. The zero-order valence-electron chi connectivity index (χ0n) is 11.0. The van der Waals surface area contributed by atoms with E-state index in [-0.39, 0.29) is 5.56 Å². The number of anilines is 2. The molecule has 1 unspecified atom stereocenters. The van der Waals surface area contributed by atoms with E-state index in [9.17, 15) is 4.79 Å². The summed E-state index contributed by atoms with van der Waals surface area (Å²) in [4.78, 5) is 11.0. The lowest BCUT2D eigenvalue weighted by molar-refractivity contribution is 0.0698. The quantitative estimate of drug-likeness (QED) is 0.674. The second-order valence-electron chi connectivity index (χ2n) is 4.50. The Morgan fingerprint density at radius 3 is 2.78 bits per heavy atom. The van der Waals surface area contributed by atoms with Crippen LogP contribution in [0.15, 0.2) is 12.1 Å². The average Bonchev–Trinajstić information content (AvgIpc) is 2.30. The third kappa shape index (κ3) is 3.63. The van der Waals surface area contributed by atoms with E-state index < -0.39 is 5.97 Å². The number of methoxy groups -OCH3 is 1. The van der Waals surface area contributed by atoms with Crippen molar-refractivity contribution in [2.75, 3.05) is 31.3 Å².